The smallest absolute Gasteiger partial charge is 0.232 e. The fourth-order valence-electron chi connectivity index (χ4n) is 1.01. The van der Waals surface area contributed by atoms with Crippen LogP contribution in [0.15, 0.2) is 22.7 Å². The lowest BCUT2D eigenvalue weighted by atomic mass is 10.2. The zero-order valence-electron chi connectivity index (χ0n) is 6.87. The number of nitrogens with zero attached hydrogens (tertiary/aromatic N) is 2. The van der Waals surface area contributed by atoms with E-state index in [1.807, 2.05) is 0 Å². The zero-order chi connectivity index (χ0) is 10.1. The number of rotatable bonds is 1. The first-order valence-corrected chi connectivity index (χ1v) is 5.28. The first kappa shape index (κ1) is 9.54. The Balaban J connectivity index is 2.55. The third kappa shape index (κ3) is 1.76. The summed E-state index contributed by atoms with van der Waals surface area (Å²) < 4.78 is 17.9. The van der Waals surface area contributed by atoms with Crippen LogP contribution in [-0.2, 0) is 0 Å². The second-order valence-corrected chi connectivity index (χ2v) is 4.25. The molecule has 2 aromatic rings. The molecule has 0 saturated heterocycles. The van der Waals surface area contributed by atoms with Crippen LogP contribution >= 0.6 is 27.5 Å². The van der Waals surface area contributed by atoms with Gasteiger partial charge in [-0.1, -0.05) is 15.9 Å². The summed E-state index contributed by atoms with van der Waals surface area (Å²) in [7, 11) is 0. The molecule has 0 amide bonds. The van der Waals surface area contributed by atoms with Gasteiger partial charge in [0.2, 0.25) is 5.95 Å². The second-order valence-electron chi connectivity index (χ2n) is 2.58. The molecule has 2 rings (SSSR count). The van der Waals surface area contributed by atoms with Gasteiger partial charge in [0.15, 0.2) is 0 Å². The highest BCUT2D eigenvalue weighted by molar-refractivity contribution is 9.10. The minimum absolute atomic E-state index is 0.171. The molecule has 6 heteroatoms. The molecule has 0 fully saturated rings. The molecule has 0 spiro atoms. The van der Waals surface area contributed by atoms with Crippen molar-refractivity contribution in [1.29, 1.82) is 0 Å². The van der Waals surface area contributed by atoms with Gasteiger partial charge in [0.1, 0.15) is 10.8 Å². The largest absolute Gasteiger partial charge is 0.367 e. The van der Waals surface area contributed by atoms with Crippen molar-refractivity contribution >= 4 is 33.4 Å². The number of hydrogen-bond donors (Lipinski definition) is 1. The topological polar surface area (TPSA) is 51.8 Å². The molecule has 0 radical (unpaired) electrons. The molecule has 0 unspecified atom stereocenters. The van der Waals surface area contributed by atoms with Crippen LogP contribution in [0, 0.1) is 5.82 Å². The predicted molar refractivity (Wildman–Crippen MR) is 57.4 cm³/mol. The van der Waals surface area contributed by atoms with Crippen LogP contribution in [0.1, 0.15) is 0 Å². The molecule has 0 atom stereocenters. The Labute approximate surface area is 92.1 Å². The fraction of sp³-hybridized carbons (Fsp3) is 0. The summed E-state index contributed by atoms with van der Waals surface area (Å²) in [5.74, 6) is -0.159. The van der Waals surface area contributed by atoms with Crippen molar-refractivity contribution in [2.24, 2.45) is 0 Å². The summed E-state index contributed by atoms with van der Waals surface area (Å²) in [6.07, 6.45) is 0. The summed E-state index contributed by atoms with van der Waals surface area (Å²) in [4.78, 5) is 3.91. The average Bonchev–Trinajstić information content (AvgIpc) is 2.56. The molecule has 0 aliphatic heterocycles. The van der Waals surface area contributed by atoms with Crippen LogP contribution < -0.4 is 5.73 Å². The Morgan fingerprint density at radius 3 is 2.86 bits per heavy atom. The third-order valence-electron chi connectivity index (χ3n) is 1.60. The third-order valence-corrected chi connectivity index (χ3v) is 2.86. The van der Waals surface area contributed by atoms with Gasteiger partial charge in [-0.25, -0.2) is 4.39 Å². The summed E-state index contributed by atoms with van der Waals surface area (Å²) in [6.45, 7) is 0. The highest BCUT2D eigenvalue weighted by atomic mass is 79.9. The normalized spacial score (nSPS) is 10.4. The highest BCUT2D eigenvalue weighted by Crippen LogP contribution is 2.27. The van der Waals surface area contributed by atoms with E-state index in [-0.39, 0.29) is 11.8 Å². The lowest BCUT2D eigenvalue weighted by Crippen LogP contribution is -1.87. The summed E-state index contributed by atoms with van der Waals surface area (Å²) >= 11 is 4.34. The molecule has 0 aliphatic carbocycles. The number of benzene rings is 1. The molecule has 0 aliphatic rings. The standard InChI is InChI=1S/C8H5BrFN3S/c9-4-1-2-6(10)5(3-4)7-12-8(11)13-14-7/h1-3H,(H2,11,13). The van der Waals surface area contributed by atoms with Gasteiger partial charge < -0.3 is 5.73 Å². The maximum atomic E-state index is 13.3. The number of nitrogen functional groups attached to an aromatic ring is 1. The minimum Gasteiger partial charge on any atom is -0.367 e. The van der Waals surface area contributed by atoms with Gasteiger partial charge >= 0.3 is 0 Å². The van der Waals surface area contributed by atoms with E-state index in [0.29, 0.717) is 10.6 Å². The van der Waals surface area contributed by atoms with Crippen LogP contribution in [0.25, 0.3) is 10.6 Å². The SMILES string of the molecule is Nc1nsc(-c2cc(Br)ccc2F)n1. The molecule has 0 bridgehead atoms. The van der Waals surface area contributed by atoms with Crippen molar-refractivity contribution in [3.05, 3.63) is 28.5 Å². The monoisotopic (exact) mass is 273 g/mol. The molecular formula is C8H5BrFN3S. The van der Waals surface area contributed by atoms with Crippen LogP contribution in [-0.4, -0.2) is 9.36 Å². The predicted octanol–water partition coefficient (Wildman–Crippen LogP) is 2.69. The van der Waals surface area contributed by atoms with Gasteiger partial charge in [-0.05, 0) is 29.7 Å². The number of aromatic nitrogens is 2. The van der Waals surface area contributed by atoms with E-state index in [9.17, 15) is 4.39 Å². The number of anilines is 1. The minimum atomic E-state index is -0.329. The van der Waals surface area contributed by atoms with E-state index < -0.39 is 0 Å². The van der Waals surface area contributed by atoms with Crippen molar-refractivity contribution in [2.45, 2.75) is 0 Å². The van der Waals surface area contributed by atoms with E-state index in [2.05, 4.69) is 25.3 Å². The summed E-state index contributed by atoms with van der Waals surface area (Å²) in [6, 6.07) is 4.65. The first-order chi connectivity index (χ1) is 6.66. The lowest BCUT2D eigenvalue weighted by molar-refractivity contribution is 0.631. The van der Waals surface area contributed by atoms with Crippen LogP contribution in [0.4, 0.5) is 10.3 Å². The van der Waals surface area contributed by atoms with E-state index in [4.69, 9.17) is 5.73 Å². The van der Waals surface area contributed by atoms with Gasteiger partial charge in [0, 0.05) is 10.0 Å². The molecule has 14 heavy (non-hydrogen) atoms. The Hall–Kier alpha value is -1.01. The molecular weight excluding hydrogens is 269 g/mol. The summed E-state index contributed by atoms with van der Waals surface area (Å²) in [5.41, 5.74) is 5.77. The molecule has 2 N–H and O–H groups in total. The Bertz CT molecular complexity index is 471. The van der Waals surface area contributed by atoms with Gasteiger partial charge in [0.25, 0.3) is 0 Å². The number of nitrogens with two attached hydrogens (primary N) is 1. The highest BCUT2D eigenvalue weighted by Gasteiger charge is 2.09. The first-order valence-electron chi connectivity index (χ1n) is 3.71. The quantitative estimate of drug-likeness (QED) is 0.869. The molecule has 72 valence electrons. The van der Waals surface area contributed by atoms with Gasteiger partial charge in [0.05, 0.1) is 0 Å². The molecule has 3 nitrogen and oxygen atoms in total. The molecule has 1 aromatic heterocycles. The molecule has 1 aromatic carbocycles. The second kappa shape index (κ2) is 3.62. The van der Waals surface area contributed by atoms with Crippen LogP contribution in [0.3, 0.4) is 0 Å². The Morgan fingerprint density at radius 2 is 2.21 bits per heavy atom. The van der Waals surface area contributed by atoms with E-state index in [0.717, 1.165) is 16.0 Å². The van der Waals surface area contributed by atoms with Crippen LogP contribution in [0.5, 0.6) is 0 Å². The van der Waals surface area contributed by atoms with Crippen molar-refractivity contribution in [3.8, 4) is 10.6 Å². The van der Waals surface area contributed by atoms with Crippen molar-refractivity contribution in [2.75, 3.05) is 5.73 Å². The molecule has 0 saturated carbocycles. The van der Waals surface area contributed by atoms with Crippen molar-refractivity contribution < 1.29 is 4.39 Å². The van der Waals surface area contributed by atoms with Gasteiger partial charge in [-0.15, -0.1) is 0 Å². The Kier molecular flexibility index (Phi) is 2.47. The van der Waals surface area contributed by atoms with E-state index in [1.54, 1.807) is 12.1 Å². The maximum absolute atomic E-state index is 13.3. The average molecular weight is 274 g/mol. The van der Waals surface area contributed by atoms with Crippen molar-refractivity contribution in [3.63, 3.8) is 0 Å². The van der Waals surface area contributed by atoms with Crippen LogP contribution in [0.2, 0.25) is 0 Å². The molecule has 1 heterocycles. The Morgan fingerprint density at radius 1 is 1.43 bits per heavy atom. The van der Waals surface area contributed by atoms with E-state index >= 15 is 0 Å². The van der Waals surface area contributed by atoms with Crippen molar-refractivity contribution in [1.82, 2.24) is 9.36 Å². The lowest BCUT2D eigenvalue weighted by Gasteiger charge is -1.98. The maximum Gasteiger partial charge on any atom is 0.232 e. The fourth-order valence-corrected chi connectivity index (χ4v) is 1.98. The number of halogens is 2. The zero-order valence-corrected chi connectivity index (χ0v) is 9.27. The van der Waals surface area contributed by atoms with Gasteiger partial charge in [-0.3, -0.25) is 0 Å². The van der Waals surface area contributed by atoms with Gasteiger partial charge in [-0.2, -0.15) is 9.36 Å². The number of hydrogen-bond acceptors (Lipinski definition) is 4. The van der Waals surface area contributed by atoms with E-state index in [1.165, 1.54) is 6.07 Å². The summed E-state index contributed by atoms with van der Waals surface area (Å²) in [5, 5.41) is 0.487.